The van der Waals surface area contributed by atoms with Crippen LogP contribution in [0.25, 0.3) is 27.5 Å². The van der Waals surface area contributed by atoms with E-state index < -0.39 is 5.60 Å². The van der Waals surface area contributed by atoms with Crippen molar-refractivity contribution in [1.29, 1.82) is 0 Å². The van der Waals surface area contributed by atoms with Gasteiger partial charge < -0.3 is 14.5 Å². The molecule has 8 nitrogen and oxygen atoms in total. The Morgan fingerprint density at radius 1 is 1.03 bits per heavy atom. The van der Waals surface area contributed by atoms with Crippen LogP contribution >= 0.6 is 11.3 Å². The lowest BCUT2D eigenvalue weighted by atomic mass is 10.1. The first-order chi connectivity index (χ1) is 15.9. The van der Waals surface area contributed by atoms with Crippen LogP contribution in [0.4, 0.5) is 10.6 Å². The van der Waals surface area contributed by atoms with Gasteiger partial charge in [-0.25, -0.2) is 14.3 Å². The van der Waals surface area contributed by atoms with Crippen molar-refractivity contribution in [2.45, 2.75) is 26.4 Å². The number of rotatable bonds is 3. The average molecular weight is 463 g/mol. The lowest BCUT2D eigenvalue weighted by molar-refractivity contribution is 0.0240. The van der Waals surface area contributed by atoms with Crippen molar-refractivity contribution in [2.24, 2.45) is 0 Å². The summed E-state index contributed by atoms with van der Waals surface area (Å²) >= 11 is 1.66. The summed E-state index contributed by atoms with van der Waals surface area (Å²) in [5.74, 6) is 0.858. The van der Waals surface area contributed by atoms with Crippen LogP contribution in [0.1, 0.15) is 20.8 Å². The first kappa shape index (κ1) is 21.4. The Morgan fingerprint density at radius 3 is 2.45 bits per heavy atom. The van der Waals surface area contributed by atoms with Crippen LogP contribution in [0.2, 0.25) is 0 Å². The maximum Gasteiger partial charge on any atom is 0.410 e. The summed E-state index contributed by atoms with van der Waals surface area (Å²) in [7, 11) is 0. The van der Waals surface area contributed by atoms with E-state index in [-0.39, 0.29) is 6.09 Å². The first-order valence-electron chi connectivity index (χ1n) is 11.0. The Labute approximate surface area is 196 Å². The second-order valence-electron chi connectivity index (χ2n) is 8.94. The molecule has 1 saturated heterocycles. The zero-order chi connectivity index (χ0) is 23.0. The second kappa shape index (κ2) is 8.47. The highest BCUT2D eigenvalue weighted by Crippen LogP contribution is 2.35. The second-order valence-corrected chi connectivity index (χ2v) is 9.89. The van der Waals surface area contributed by atoms with Crippen molar-refractivity contribution in [3.63, 3.8) is 0 Å². The molecule has 1 amide bonds. The number of amides is 1. The van der Waals surface area contributed by atoms with Crippen LogP contribution in [0.3, 0.4) is 0 Å². The molecular weight excluding hydrogens is 436 g/mol. The summed E-state index contributed by atoms with van der Waals surface area (Å²) in [5.41, 5.74) is 3.17. The van der Waals surface area contributed by atoms with Crippen molar-refractivity contribution >= 4 is 28.9 Å². The monoisotopic (exact) mass is 462 g/mol. The standard InChI is InChI=1S/C24H26N6O2S/c1-24(2,3)32-23(31)29-14-12-28(13-15-29)20-7-6-19-26-21(18-5-4-16-33-18)22(30(19)27-20)17-8-10-25-11-9-17/h4-11,16H,12-15H2,1-3H3. The molecule has 0 N–H and O–H groups in total. The lowest BCUT2D eigenvalue weighted by Gasteiger charge is -2.36. The summed E-state index contributed by atoms with van der Waals surface area (Å²) in [4.78, 5) is 26.5. The molecule has 0 saturated carbocycles. The number of hydrogen-bond acceptors (Lipinski definition) is 7. The zero-order valence-electron chi connectivity index (χ0n) is 18.9. The predicted molar refractivity (Wildman–Crippen MR) is 130 cm³/mol. The minimum Gasteiger partial charge on any atom is -0.444 e. The van der Waals surface area contributed by atoms with Gasteiger partial charge in [-0.2, -0.15) is 0 Å². The van der Waals surface area contributed by atoms with E-state index in [9.17, 15) is 4.79 Å². The van der Waals surface area contributed by atoms with Gasteiger partial charge in [-0.15, -0.1) is 16.4 Å². The Kier molecular flexibility index (Phi) is 5.49. The number of piperazine rings is 1. The maximum absolute atomic E-state index is 12.4. The number of fused-ring (bicyclic) bond motifs is 1. The van der Waals surface area contributed by atoms with Crippen molar-refractivity contribution in [3.8, 4) is 21.8 Å². The molecule has 0 unspecified atom stereocenters. The smallest absolute Gasteiger partial charge is 0.410 e. The summed E-state index contributed by atoms with van der Waals surface area (Å²) in [6.07, 6.45) is 3.31. The first-order valence-corrected chi connectivity index (χ1v) is 11.8. The van der Waals surface area contributed by atoms with E-state index in [1.165, 1.54) is 0 Å². The van der Waals surface area contributed by atoms with Crippen molar-refractivity contribution in [3.05, 3.63) is 54.2 Å². The van der Waals surface area contributed by atoms with Gasteiger partial charge in [0.15, 0.2) is 5.65 Å². The molecule has 1 aliphatic heterocycles. The number of carbonyl (C=O) groups is 1. The van der Waals surface area contributed by atoms with E-state index in [4.69, 9.17) is 14.8 Å². The minimum atomic E-state index is -0.494. The molecule has 9 heteroatoms. The fourth-order valence-electron chi connectivity index (χ4n) is 3.89. The highest BCUT2D eigenvalue weighted by atomic mass is 32.1. The highest BCUT2D eigenvalue weighted by Gasteiger charge is 2.27. The summed E-state index contributed by atoms with van der Waals surface area (Å²) in [6, 6.07) is 12.1. The summed E-state index contributed by atoms with van der Waals surface area (Å²) in [6.45, 7) is 8.22. The van der Waals surface area contributed by atoms with Crippen molar-refractivity contribution < 1.29 is 9.53 Å². The number of imidazole rings is 1. The summed E-state index contributed by atoms with van der Waals surface area (Å²) < 4.78 is 7.43. The number of hydrogen-bond donors (Lipinski definition) is 0. The SMILES string of the molecule is CC(C)(C)OC(=O)N1CCN(c2ccc3nc(-c4cccs4)c(-c4ccncc4)n3n2)CC1. The van der Waals surface area contributed by atoms with E-state index in [0.717, 1.165) is 33.3 Å². The molecule has 5 rings (SSSR count). The quantitative estimate of drug-likeness (QED) is 0.444. The van der Waals surface area contributed by atoms with E-state index in [0.29, 0.717) is 26.2 Å². The number of nitrogens with zero attached hydrogens (tertiary/aromatic N) is 6. The Bertz CT molecular complexity index is 1260. The van der Waals surface area contributed by atoms with E-state index in [1.807, 2.05) is 55.6 Å². The molecule has 5 heterocycles. The number of pyridine rings is 1. The molecule has 4 aromatic heterocycles. The molecule has 1 aliphatic rings. The van der Waals surface area contributed by atoms with Crippen LogP contribution in [0, 0.1) is 0 Å². The largest absolute Gasteiger partial charge is 0.444 e. The molecule has 0 spiro atoms. The highest BCUT2D eigenvalue weighted by molar-refractivity contribution is 7.13. The van der Waals surface area contributed by atoms with Gasteiger partial charge in [-0.3, -0.25) is 4.98 Å². The fourth-order valence-corrected chi connectivity index (χ4v) is 4.61. The topological polar surface area (TPSA) is 75.9 Å². The maximum atomic E-state index is 12.4. The zero-order valence-corrected chi connectivity index (χ0v) is 19.7. The van der Waals surface area contributed by atoms with Gasteiger partial charge in [-0.1, -0.05) is 6.07 Å². The van der Waals surface area contributed by atoms with Crippen LogP contribution in [-0.4, -0.2) is 62.4 Å². The number of ether oxygens (including phenoxy) is 1. The molecule has 0 atom stereocenters. The van der Waals surface area contributed by atoms with Gasteiger partial charge in [-0.05, 0) is 56.5 Å². The molecule has 0 bridgehead atoms. The van der Waals surface area contributed by atoms with Gasteiger partial charge in [0.2, 0.25) is 0 Å². The molecular formula is C24H26N6O2S. The lowest BCUT2D eigenvalue weighted by Crippen LogP contribution is -2.50. The molecule has 0 aromatic carbocycles. The van der Waals surface area contributed by atoms with Gasteiger partial charge >= 0.3 is 6.09 Å². The van der Waals surface area contributed by atoms with E-state index in [2.05, 4.69) is 21.3 Å². The van der Waals surface area contributed by atoms with Gasteiger partial charge in [0, 0.05) is 44.1 Å². The summed E-state index contributed by atoms with van der Waals surface area (Å²) in [5, 5.41) is 7.02. The van der Waals surface area contributed by atoms with Crippen LogP contribution < -0.4 is 4.90 Å². The Morgan fingerprint density at radius 2 is 1.79 bits per heavy atom. The molecule has 0 aliphatic carbocycles. The van der Waals surface area contributed by atoms with E-state index in [1.54, 1.807) is 28.6 Å². The molecule has 0 radical (unpaired) electrons. The Balaban J connectivity index is 1.45. The molecule has 1 fully saturated rings. The third-order valence-electron chi connectivity index (χ3n) is 5.43. The normalized spacial score (nSPS) is 14.6. The fraction of sp³-hybridized carbons (Fsp3) is 0.333. The van der Waals surface area contributed by atoms with Crippen LogP contribution in [0.15, 0.2) is 54.2 Å². The third-order valence-corrected chi connectivity index (χ3v) is 6.30. The average Bonchev–Trinajstić information content (AvgIpc) is 3.46. The molecule has 33 heavy (non-hydrogen) atoms. The number of aromatic nitrogens is 4. The molecule has 4 aromatic rings. The number of thiophene rings is 1. The molecule has 170 valence electrons. The van der Waals surface area contributed by atoms with Gasteiger partial charge in [0.05, 0.1) is 4.88 Å². The van der Waals surface area contributed by atoms with Crippen molar-refractivity contribution in [2.75, 3.05) is 31.1 Å². The third kappa shape index (κ3) is 4.41. The van der Waals surface area contributed by atoms with Gasteiger partial charge in [0.1, 0.15) is 22.8 Å². The number of anilines is 1. The van der Waals surface area contributed by atoms with Gasteiger partial charge in [0.25, 0.3) is 0 Å². The van der Waals surface area contributed by atoms with Crippen molar-refractivity contribution in [1.82, 2.24) is 24.5 Å². The van der Waals surface area contributed by atoms with Crippen LogP contribution in [0.5, 0.6) is 0 Å². The van der Waals surface area contributed by atoms with Crippen LogP contribution in [-0.2, 0) is 4.74 Å². The predicted octanol–water partition coefficient (Wildman–Crippen LogP) is 4.58. The Hall–Kier alpha value is -3.46. The minimum absolute atomic E-state index is 0.263. The number of carbonyl (C=O) groups excluding carboxylic acids is 1. The van der Waals surface area contributed by atoms with E-state index >= 15 is 0 Å².